The molecule has 114 valence electrons. The van der Waals surface area contributed by atoms with E-state index in [0.29, 0.717) is 29.4 Å². The molecule has 0 aliphatic rings. The van der Waals surface area contributed by atoms with Crippen LogP contribution in [0.15, 0.2) is 36.5 Å². The predicted molar refractivity (Wildman–Crippen MR) is 84.1 cm³/mol. The lowest BCUT2D eigenvalue weighted by molar-refractivity contribution is 0.0601. The Morgan fingerprint density at radius 3 is 2.64 bits per heavy atom. The first-order chi connectivity index (χ1) is 10.7. The van der Waals surface area contributed by atoms with Crippen LogP contribution in [0.4, 0.5) is 5.82 Å². The molecule has 2 aromatic rings. The van der Waals surface area contributed by atoms with Crippen molar-refractivity contribution in [3.05, 3.63) is 47.8 Å². The third-order valence-corrected chi connectivity index (χ3v) is 2.95. The van der Waals surface area contributed by atoms with E-state index in [2.05, 4.69) is 14.7 Å². The number of nitrogen functional groups attached to an aromatic ring is 1. The highest BCUT2D eigenvalue weighted by molar-refractivity contribution is 5.90. The van der Waals surface area contributed by atoms with Gasteiger partial charge in [0, 0.05) is 12.7 Å². The predicted octanol–water partition coefficient (Wildman–Crippen LogP) is 2.17. The van der Waals surface area contributed by atoms with Crippen molar-refractivity contribution in [2.24, 2.45) is 0 Å². The zero-order valence-electron chi connectivity index (χ0n) is 12.4. The first kappa shape index (κ1) is 15.7. The molecule has 6 heteroatoms. The third-order valence-electron chi connectivity index (χ3n) is 2.95. The van der Waals surface area contributed by atoms with E-state index in [-0.39, 0.29) is 5.97 Å². The zero-order chi connectivity index (χ0) is 15.9. The van der Waals surface area contributed by atoms with Crippen molar-refractivity contribution in [3.63, 3.8) is 0 Å². The van der Waals surface area contributed by atoms with E-state index in [9.17, 15) is 4.79 Å². The van der Waals surface area contributed by atoms with Gasteiger partial charge in [-0.2, -0.15) is 0 Å². The van der Waals surface area contributed by atoms with Crippen molar-refractivity contribution in [1.29, 1.82) is 0 Å². The smallest absolute Gasteiger partial charge is 0.337 e. The Balaban J connectivity index is 2.31. The van der Waals surface area contributed by atoms with Gasteiger partial charge in [-0.05, 0) is 18.2 Å². The number of nitrogens with two attached hydrogens (primary N) is 1. The van der Waals surface area contributed by atoms with Gasteiger partial charge in [-0.1, -0.05) is 18.2 Å². The van der Waals surface area contributed by atoms with Crippen molar-refractivity contribution in [2.75, 3.05) is 26.6 Å². The van der Waals surface area contributed by atoms with Crippen molar-refractivity contribution in [2.45, 2.75) is 0 Å². The number of carbonyl (C=O) groups is 1. The minimum absolute atomic E-state index is 0.328. The summed E-state index contributed by atoms with van der Waals surface area (Å²) in [5, 5.41) is 0. The maximum absolute atomic E-state index is 11.4. The largest absolute Gasteiger partial charge is 0.465 e. The van der Waals surface area contributed by atoms with Crippen molar-refractivity contribution < 1.29 is 14.3 Å². The number of hydrogen-bond donors (Lipinski definition) is 1. The monoisotopic (exact) mass is 299 g/mol. The standard InChI is InChI=1S/C16H17N3O3/c1-21-9-3-4-13-10-18-15(17)14(19-13)11-5-7-12(8-6-11)16(20)22-2/h3-8,10H,9H2,1-2H3,(H2,17,18)/b4-3+. The second-order valence-electron chi connectivity index (χ2n) is 4.46. The molecule has 0 aliphatic heterocycles. The third kappa shape index (κ3) is 3.67. The highest BCUT2D eigenvalue weighted by atomic mass is 16.5. The van der Waals surface area contributed by atoms with Gasteiger partial charge in [0.05, 0.1) is 31.2 Å². The number of benzene rings is 1. The summed E-state index contributed by atoms with van der Waals surface area (Å²) in [7, 11) is 2.96. The highest BCUT2D eigenvalue weighted by Crippen LogP contribution is 2.23. The molecule has 6 nitrogen and oxygen atoms in total. The van der Waals surface area contributed by atoms with Gasteiger partial charge < -0.3 is 15.2 Å². The van der Waals surface area contributed by atoms with Gasteiger partial charge in [0.2, 0.25) is 0 Å². The first-order valence-corrected chi connectivity index (χ1v) is 6.62. The Kier molecular flexibility index (Phi) is 5.21. The van der Waals surface area contributed by atoms with Crippen LogP contribution in [-0.4, -0.2) is 36.8 Å². The van der Waals surface area contributed by atoms with Crippen LogP contribution in [0.1, 0.15) is 16.1 Å². The summed E-state index contributed by atoms with van der Waals surface area (Å²) >= 11 is 0. The van der Waals surface area contributed by atoms with Crippen LogP contribution in [0.5, 0.6) is 0 Å². The molecule has 0 saturated carbocycles. The van der Waals surface area contributed by atoms with Crippen LogP contribution in [0.3, 0.4) is 0 Å². The first-order valence-electron chi connectivity index (χ1n) is 6.62. The number of aromatic nitrogens is 2. The second-order valence-corrected chi connectivity index (χ2v) is 4.46. The van der Waals surface area contributed by atoms with Gasteiger partial charge in [-0.3, -0.25) is 0 Å². The normalized spacial score (nSPS) is 10.8. The van der Waals surface area contributed by atoms with Gasteiger partial charge >= 0.3 is 5.97 Å². The lowest BCUT2D eigenvalue weighted by atomic mass is 10.1. The quantitative estimate of drug-likeness (QED) is 0.851. The molecule has 0 radical (unpaired) electrons. The molecule has 0 spiro atoms. The minimum Gasteiger partial charge on any atom is -0.465 e. The van der Waals surface area contributed by atoms with Gasteiger partial charge in [-0.25, -0.2) is 14.8 Å². The average Bonchev–Trinajstić information content (AvgIpc) is 2.56. The van der Waals surface area contributed by atoms with E-state index in [0.717, 1.165) is 5.56 Å². The molecule has 1 aromatic carbocycles. The summed E-state index contributed by atoms with van der Waals surface area (Å²) in [5.41, 5.74) is 8.38. The number of ether oxygens (including phenoxy) is 2. The van der Waals surface area contributed by atoms with E-state index in [1.165, 1.54) is 7.11 Å². The van der Waals surface area contributed by atoms with Crippen molar-refractivity contribution in [1.82, 2.24) is 9.97 Å². The molecule has 0 unspecified atom stereocenters. The molecule has 1 heterocycles. The van der Waals surface area contributed by atoms with E-state index in [1.54, 1.807) is 37.6 Å². The molecule has 0 saturated heterocycles. The second kappa shape index (κ2) is 7.33. The van der Waals surface area contributed by atoms with Gasteiger partial charge in [0.25, 0.3) is 0 Å². The Morgan fingerprint density at radius 2 is 2.00 bits per heavy atom. The Bertz CT molecular complexity index is 682. The van der Waals surface area contributed by atoms with E-state index in [4.69, 9.17) is 10.5 Å². The summed E-state index contributed by atoms with van der Waals surface area (Å²) in [4.78, 5) is 20.0. The molecule has 22 heavy (non-hydrogen) atoms. The maximum Gasteiger partial charge on any atom is 0.337 e. The van der Waals surface area contributed by atoms with Crippen LogP contribution in [0.25, 0.3) is 17.3 Å². The topological polar surface area (TPSA) is 87.3 Å². The lowest BCUT2D eigenvalue weighted by Gasteiger charge is -2.06. The molecule has 0 atom stereocenters. The molecule has 0 bridgehead atoms. The SMILES string of the molecule is COC/C=C/c1cnc(N)c(-c2ccc(C(=O)OC)cc2)n1. The van der Waals surface area contributed by atoms with Gasteiger partial charge in [-0.15, -0.1) is 0 Å². The molecular weight excluding hydrogens is 282 g/mol. The van der Waals surface area contributed by atoms with Gasteiger partial charge in [0.15, 0.2) is 0 Å². The van der Waals surface area contributed by atoms with Crippen LogP contribution in [0.2, 0.25) is 0 Å². The number of hydrogen-bond acceptors (Lipinski definition) is 6. The number of anilines is 1. The molecule has 1 aromatic heterocycles. The summed E-state index contributed by atoms with van der Waals surface area (Å²) in [6.45, 7) is 0.495. The fraction of sp³-hybridized carbons (Fsp3) is 0.188. The van der Waals surface area contributed by atoms with Crippen molar-refractivity contribution >= 4 is 17.9 Å². The van der Waals surface area contributed by atoms with E-state index in [1.807, 2.05) is 12.2 Å². The number of nitrogens with zero attached hydrogens (tertiary/aromatic N) is 2. The zero-order valence-corrected chi connectivity index (χ0v) is 12.4. The summed E-state index contributed by atoms with van der Waals surface area (Å²) in [5.74, 6) is -0.0587. The fourth-order valence-corrected chi connectivity index (χ4v) is 1.85. The molecule has 0 aliphatic carbocycles. The van der Waals surface area contributed by atoms with Crippen LogP contribution >= 0.6 is 0 Å². The molecule has 2 N–H and O–H groups in total. The van der Waals surface area contributed by atoms with Crippen LogP contribution in [-0.2, 0) is 9.47 Å². The Labute approximate surface area is 128 Å². The van der Waals surface area contributed by atoms with Crippen LogP contribution in [0, 0.1) is 0 Å². The summed E-state index contributed by atoms with van der Waals surface area (Å²) in [6.07, 6.45) is 5.24. The average molecular weight is 299 g/mol. The molecule has 0 amide bonds. The Hall–Kier alpha value is -2.73. The number of rotatable bonds is 5. The summed E-state index contributed by atoms with van der Waals surface area (Å²) in [6, 6.07) is 6.84. The molecule has 0 fully saturated rings. The summed E-state index contributed by atoms with van der Waals surface area (Å²) < 4.78 is 9.61. The van der Waals surface area contributed by atoms with E-state index < -0.39 is 0 Å². The minimum atomic E-state index is -0.387. The molecule has 2 rings (SSSR count). The maximum atomic E-state index is 11.4. The number of esters is 1. The van der Waals surface area contributed by atoms with E-state index >= 15 is 0 Å². The van der Waals surface area contributed by atoms with Crippen LogP contribution < -0.4 is 5.73 Å². The highest BCUT2D eigenvalue weighted by Gasteiger charge is 2.09. The van der Waals surface area contributed by atoms with Crippen molar-refractivity contribution in [3.8, 4) is 11.3 Å². The van der Waals surface area contributed by atoms with Gasteiger partial charge in [0.1, 0.15) is 11.5 Å². The lowest BCUT2D eigenvalue weighted by Crippen LogP contribution is -2.02. The Morgan fingerprint density at radius 1 is 1.27 bits per heavy atom. The molecular formula is C16H17N3O3. The number of methoxy groups -OCH3 is 2. The fourth-order valence-electron chi connectivity index (χ4n) is 1.85. The number of carbonyl (C=O) groups excluding carboxylic acids is 1.